The molecule has 1 aromatic rings. The number of carbonyl (C=O) groups excluding carboxylic acids is 2. The van der Waals surface area contributed by atoms with Gasteiger partial charge in [-0.05, 0) is 51.8 Å². The van der Waals surface area contributed by atoms with Crippen LogP contribution in [0.5, 0.6) is 0 Å². The molecule has 1 saturated heterocycles. The Hall–Kier alpha value is -2.44. The minimum absolute atomic E-state index is 0.0983. The van der Waals surface area contributed by atoms with Crippen molar-refractivity contribution in [1.82, 2.24) is 10.2 Å². The Balaban J connectivity index is 1.99. The van der Waals surface area contributed by atoms with E-state index in [0.29, 0.717) is 24.3 Å². The lowest BCUT2D eigenvalue weighted by Gasteiger charge is -2.33. The zero-order chi connectivity index (χ0) is 18.6. The summed E-state index contributed by atoms with van der Waals surface area (Å²) in [5.74, 6) is -0.0983. The Bertz CT molecular complexity index is 640. The molecule has 25 heavy (non-hydrogen) atoms. The summed E-state index contributed by atoms with van der Waals surface area (Å²) in [4.78, 5) is 26.3. The summed E-state index contributed by atoms with van der Waals surface area (Å²) in [6, 6.07) is 5.21. The fourth-order valence-corrected chi connectivity index (χ4v) is 2.81. The molecule has 2 rings (SSSR count). The van der Waals surface area contributed by atoms with E-state index in [2.05, 4.69) is 10.6 Å². The van der Waals surface area contributed by atoms with Crippen molar-refractivity contribution in [2.24, 2.45) is 0 Å². The number of amides is 2. The van der Waals surface area contributed by atoms with Gasteiger partial charge in [-0.3, -0.25) is 4.79 Å². The second-order valence-electron chi connectivity index (χ2n) is 7.35. The molecule has 0 spiro atoms. The topological polar surface area (TPSA) is 96.7 Å². The molecule has 1 fully saturated rings. The molecule has 0 radical (unpaired) electrons. The minimum atomic E-state index is -0.450. The van der Waals surface area contributed by atoms with Crippen molar-refractivity contribution in [1.29, 1.82) is 0 Å². The summed E-state index contributed by atoms with van der Waals surface area (Å²) < 4.78 is 5.47. The number of ether oxygens (including phenoxy) is 1. The summed E-state index contributed by atoms with van der Waals surface area (Å²) in [5, 5.41) is 5.75. The van der Waals surface area contributed by atoms with Gasteiger partial charge in [0.05, 0.1) is 17.9 Å². The SMILES string of the molecule is CNc1ccc(C(=O)N2CCC[C@@H](OC(=O)NC(C)(C)C)C2)cc1N. The molecule has 7 heteroatoms. The van der Waals surface area contributed by atoms with Crippen LogP contribution in [0.3, 0.4) is 0 Å². The van der Waals surface area contributed by atoms with E-state index in [1.165, 1.54) is 0 Å². The van der Waals surface area contributed by atoms with Gasteiger partial charge in [-0.15, -0.1) is 0 Å². The molecule has 0 aromatic heterocycles. The van der Waals surface area contributed by atoms with Crippen molar-refractivity contribution < 1.29 is 14.3 Å². The quantitative estimate of drug-likeness (QED) is 0.729. The van der Waals surface area contributed by atoms with Crippen molar-refractivity contribution in [3.8, 4) is 0 Å². The zero-order valence-corrected chi connectivity index (χ0v) is 15.4. The molecule has 2 amide bonds. The van der Waals surface area contributed by atoms with Crippen LogP contribution in [-0.4, -0.2) is 48.7 Å². The van der Waals surface area contributed by atoms with Gasteiger partial charge < -0.3 is 26.0 Å². The number of rotatable bonds is 3. The van der Waals surface area contributed by atoms with Gasteiger partial charge in [-0.25, -0.2) is 4.79 Å². The third-order valence-corrected chi connectivity index (χ3v) is 3.98. The highest BCUT2D eigenvalue weighted by atomic mass is 16.6. The van der Waals surface area contributed by atoms with Gasteiger partial charge in [0.2, 0.25) is 0 Å². The lowest BCUT2D eigenvalue weighted by atomic mass is 10.1. The molecule has 0 aliphatic carbocycles. The van der Waals surface area contributed by atoms with E-state index in [1.54, 1.807) is 30.1 Å². The Morgan fingerprint density at radius 2 is 2.04 bits per heavy atom. The number of hydrogen-bond acceptors (Lipinski definition) is 5. The summed E-state index contributed by atoms with van der Waals surface area (Å²) in [6.45, 7) is 6.72. The van der Waals surface area contributed by atoms with Crippen LogP contribution < -0.4 is 16.4 Å². The van der Waals surface area contributed by atoms with Gasteiger partial charge in [0.1, 0.15) is 6.10 Å². The van der Waals surface area contributed by atoms with E-state index in [-0.39, 0.29) is 17.6 Å². The summed E-state index contributed by atoms with van der Waals surface area (Å²) in [6.07, 6.45) is 0.800. The summed E-state index contributed by atoms with van der Waals surface area (Å²) in [5.41, 5.74) is 7.44. The molecular weight excluding hydrogens is 320 g/mol. The van der Waals surface area contributed by atoms with Crippen LogP contribution in [0.2, 0.25) is 0 Å². The van der Waals surface area contributed by atoms with Crippen LogP contribution in [0.4, 0.5) is 16.2 Å². The van der Waals surface area contributed by atoms with Crippen LogP contribution in [0.25, 0.3) is 0 Å². The van der Waals surface area contributed by atoms with Crippen molar-refractivity contribution in [3.05, 3.63) is 23.8 Å². The first-order chi connectivity index (χ1) is 11.7. The average molecular weight is 348 g/mol. The second-order valence-corrected chi connectivity index (χ2v) is 7.35. The van der Waals surface area contributed by atoms with E-state index in [9.17, 15) is 9.59 Å². The van der Waals surface area contributed by atoms with Crippen LogP contribution in [0.15, 0.2) is 18.2 Å². The van der Waals surface area contributed by atoms with E-state index >= 15 is 0 Å². The number of hydrogen-bond donors (Lipinski definition) is 3. The maximum absolute atomic E-state index is 12.7. The van der Waals surface area contributed by atoms with Crippen LogP contribution >= 0.6 is 0 Å². The first-order valence-electron chi connectivity index (χ1n) is 8.55. The van der Waals surface area contributed by atoms with E-state index in [4.69, 9.17) is 10.5 Å². The van der Waals surface area contributed by atoms with Crippen LogP contribution in [0, 0.1) is 0 Å². The number of anilines is 2. The predicted molar refractivity (Wildman–Crippen MR) is 98.7 cm³/mol. The molecule has 1 heterocycles. The third kappa shape index (κ3) is 5.27. The van der Waals surface area contributed by atoms with Crippen molar-refractivity contribution in [2.45, 2.75) is 45.3 Å². The highest BCUT2D eigenvalue weighted by Gasteiger charge is 2.28. The lowest BCUT2D eigenvalue weighted by Crippen LogP contribution is -2.47. The number of likely N-dealkylation sites (tertiary alicyclic amines) is 1. The molecule has 138 valence electrons. The monoisotopic (exact) mass is 348 g/mol. The van der Waals surface area contributed by atoms with Gasteiger partial charge in [0.25, 0.3) is 5.91 Å². The number of carbonyl (C=O) groups is 2. The highest BCUT2D eigenvalue weighted by molar-refractivity contribution is 5.96. The molecule has 1 atom stereocenters. The van der Waals surface area contributed by atoms with Gasteiger partial charge in [-0.2, -0.15) is 0 Å². The smallest absolute Gasteiger partial charge is 0.407 e. The highest BCUT2D eigenvalue weighted by Crippen LogP contribution is 2.22. The Kier molecular flexibility index (Phi) is 5.77. The average Bonchev–Trinajstić information content (AvgIpc) is 2.52. The molecule has 0 bridgehead atoms. The maximum atomic E-state index is 12.7. The Morgan fingerprint density at radius 1 is 1.32 bits per heavy atom. The van der Waals surface area contributed by atoms with Gasteiger partial charge in [-0.1, -0.05) is 0 Å². The second kappa shape index (κ2) is 7.63. The predicted octanol–water partition coefficient (Wildman–Crippen LogP) is 2.44. The summed E-state index contributed by atoms with van der Waals surface area (Å²) in [7, 11) is 1.78. The number of nitrogens with one attached hydrogen (secondary N) is 2. The van der Waals surface area contributed by atoms with Gasteiger partial charge in [0, 0.05) is 24.7 Å². The molecule has 1 aromatic carbocycles. The van der Waals surface area contributed by atoms with Crippen LogP contribution in [-0.2, 0) is 4.74 Å². The number of nitrogens with two attached hydrogens (primary N) is 1. The largest absolute Gasteiger partial charge is 0.444 e. The summed E-state index contributed by atoms with van der Waals surface area (Å²) >= 11 is 0. The Morgan fingerprint density at radius 3 is 2.64 bits per heavy atom. The normalized spacial score (nSPS) is 17.8. The molecule has 4 N–H and O–H groups in total. The number of nitrogen functional groups attached to an aromatic ring is 1. The van der Waals surface area contributed by atoms with Crippen molar-refractivity contribution in [3.63, 3.8) is 0 Å². The van der Waals surface area contributed by atoms with Gasteiger partial charge in [0.15, 0.2) is 0 Å². The van der Waals surface area contributed by atoms with Crippen molar-refractivity contribution in [2.75, 3.05) is 31.2 Å². The lowest BCUT2D eigenvalue weighted by molar-refractivity contribution is 0.0323. The number of benzene rings is 1. The maximum Gasteiger partial charge on any atom is 0.407 e. The first-order valence-corrected chi connectivity index (χ1v) is 8.55. The number of piperidine rings is 1. The molecule has 1 aliphatic heterocycles. The number of nitrogens with zero attached hydrogens (tertiary/aromatic N) is 1. The molecule has 7 nitrogen and oxygen atoms in total. The third-order valence-electron chi connectivity index (χ3n) is 3.98. The van der Waals surface area contributed by atoms with Crippen molar-refractivity contribution >= 4 is 23.4 Å². The number of alkyl carbamates (subject to hydrolysis) is 1. The molecule has 0 saturated carbocycles. The van der Waals surface area contributed by atoms with E-state index in [1.807, 2.05) is 20.8 Å². The van der Waals surface area contributed by atoms with E-state index < -0.39 is 6.09 Å². The molecular formula is C18H28N4O3. The fraction of sp³-hybridized carbons (Fsp3) is 0.556. The fourth-order valence-electron chi connectivity index (χ4n) is 2.81. The molecule has 0 unspecified atom stereocenters. The molecule has 1 aliphatic rings. The zero-order valence-electron chi connectivity index (χ0n) is 15.4. The Labute approximate surface area is 148 Å². The first kappa shape index (κ1) is 18.9. The standard InChI is InChI=1S/C18H28N4O3/c1-18(2,3)21-17(24)25-13-6-5-9-22(11-13)16(23)12-7-8-15(20-4)14(19)10-12/h7-8,10,13,20H,5-6,9,11,19H2,1-4H3,(H,21,24)/t13-/m1/s1. The van der Waals surface area contributed by atoms with Crippen LogP contribution in [0.1, 0.15) is 44.0 Å². The van der Waals surface area contributed by atoms with Gasteiger partial charge >= 0.3 is 6.09 Å². The minimum Gasteiger partial charge on any atom is -0.444 e. The van der Waals surface area contributed by atoms with E-state index in [0.717, 1.165) is 18.5 Å².